The first-order valence-electron chi connectivity index (χ1n) is 13.4. The Morgan fingerprint density at radius 1 is 0.634 bits per heavy atom. The molecule has 3 rings (SSSR count). The average Bonchev–Trinajstić information content (AvgIpc) is 2.95. The van der Waals surface area contributed by atoms with Crippen molar-refractivity contribution < 1.29 is 43.7 Å². The second kappa shape index (κ2) is 14.9. The molecule has 0 saturated carbocycles. The quantitative estimate of drug-likeness (QED) is 0.290. The third kappa shape index (κ3) is 7.01. The van der Waals surface area contributed by atoms with Crippen LogP contribution in [0.3, 0.4) is 0 Å². The molecule has 2 unspecified atom stereocenters. The first kappa shape index (κ1) is 32.8. The molecule has 0 spiro atoms. The summed E-state index contributed by atoms with van der Waals surface area (Å²) in [6, 6.07) is 7.71. The molecular formula is C32H44O9. The van der Waals surface area contributed by atoms with Gasteiger partial charge in [0.2, 0.25) is 0 Å². The third-order valence-electron chi connectivity index (χ3n) is 7.66. The van der Waals surface area contributed by atoms with Crippen LogP contribution in [0, 0.1) is 5.92 Å². The van der Waals surface area contributed by atoms with Crippen LogP contribution in [0.25, 0.3) is 0 Å². The molecule has 0 radical (unpaired) electrons. The Morgan fingerprint density at radius 3 is 1.37 bits per heavy atom. The third-order valence-corrected chi connectivity index (χ3v) is 7.66. The van der Waals surface area contributed by atoms with Crippen molar-refractivity contribution >= 4 is 0 Å². The summed E-state index contributed by atoms with van der Waals surface area (Å²) in [4.78, 5) is 0. The van der Waals surface area contributed by atoms with Gasteiger partial charge in [0.1, 0.15) is 11.5 Å². The summed E-state index contributed by atoms with van der Waals surface area (Å²) in [5.74, 6) is -0.0920. The van der Waals surface area contributed by atoms with Crippen LogP contribution in [-0.2, 0) is 60.3 Å². The van der Waals surface area contributed by atoms with Crippen molar-refractivity contribution in [3.8, 4) is 11.5 Å². The van der Waals surface area contributed by atoms with Gasteiger partial charge >= 0.3 is 0 Å². The van der Waals surface area contributed by atoms with Gasteiger partial charge < -0.3 is 43.7 Å². The number of aliphatic hydroxyl groups is 1. The van der Waals surface area contributed by atoms with Crippen LogP contribution >= 0.6 is 0 Å². The Kier molecular flexibility index (Phi) is 11.9. The van der Waals surface area contributed by atoms with Gasteiger partial charge in [0.25, 0.3) is 0 Å². The van der Waals surface area contributed by atoms with Gasteiger partial charge in [-0.25, -0.2) is 0 Å². The van der Waals surface area contributed by atoms with Crippen LogP contribution < -0.4 is 0 Å². The maximum atomic E-state index is 11.1. The highest BCUT2D eigenvalue weighted by molar-refractivity contribution is 5.59. The maximum absolute atomic E-state index is 11.1. The monoisotopic (exact) mass is 572 g/mol. The smallest absolute Gasteiger partial charge is 0.126 e. The molecule has 0 saturated heterocycles. The summed E-state index contributed by atoms with van der Waals surface area (Å²) in [5.41, 5.74) is 4.94. The number of aromatic hydroxyl groups is 2. The average molecular weight is 573 g/mol. The number of allylic oxidation sites excluding steroid dienone is 2. The molecular weight excluding hydrogens is 528 g/mol. The second-order valence-electron chi connectivity index (χ2n) is 10.5. The standard InChI is InChI=1S/C32H44O9/c1-32(26-8-20(14-36-2)29(33)21(9-26)15-37-3,27-10-22(16-38-4)30(34)23(11-27)17-39-5)28-12-24(18-40-6)31(35)25(13-28)19-41-7/h8-13,20,29,33-35H,14-19H2,1-7H3. The minimum Gasteiger partial charge on any atom is -0.507 e. The Labute approximate surface area is 242 Å². The van der Waals surface area contributed by atoms with Gasteiger partial charge in [0.05, 0.1) is 45.7 Å². The Balaban J connectivity index is 2.45. The van der Waals surface area contributed by atoms with Crippen molar-refractivity contribution in [2.45, 2.75) is 44.9 Å². The summed E-state index contributed by atoms with van der Waals surface area (Å²) < 4.78 is 32.7. The second-order valence-corrected chi connectivity index (χ2v) is 10.5. The predicted molar refractivity (Wildman–Crippen MR) is 155 cm³/mol. The van der Waals surface area contributed by atoms with Crippen molar-refractivity contribution in [1.29, 1.82) is 0 Å². The number of phenols is 2. The molecule has 0 amide bonds. The predicted octanol–water partition coefficient (Wildman–Crippen LogP) is 4.13. The highest BCUT2D eigenvalue weighted by Gasteiger charge is 2.38. The minimum atomic E-state index is -0.845. The molecule has 0 heterocycles. The van der Waals surface area contributed by atoms with E-state index in [1.54, 1.807) is 42.7 Å². The first-order valence-corrected chi connectivity index (χ1v) is 13.4. The Morgan fingerprint density at radius 2 is 1.02 bits per heavy atom. The normalized spacial score (nSPS) is 17.5. The van der Waals surface area contributed by atoms with Crippen LogP contribution in [0.4, 0.5) is 0 Å². The number of aliphatic hydroxyl groups excluding tert-OH is 1. The van der Waals surface area contributed by atoms with Gasteiger partial charge in [0.15, 0.2) is 0 Å². The fraction of sp³-hybridized carbons (Fsp3) is 0.500. The van der Waals surface area contributed by atoms with E-state index in [0.29, 0.717) is 28.9 Å². The van der Waals surface area contributed by atoms with Crippen LogP contribution in [-0.4, -0.2) is 77.3 Å². The molecule has 2 aromatic rings. The lowest BCUT2D eigenvalue weighted by molar-refractivity contribution is 0.0777. The van der Waals surface area contributed by atoms with Gasteiger partial charge in [0, 0.05) is 76.2 Å². The summed E-state index contributed by atoms with van der Waals surface area (Å²) in [6.45, 7) is 3.41. The molecule has 0 fully saturated rings. The highest BCUT2D eigenvalue weighted by atomic mass is 16.5. The minimum absolute atomic E-state index is 0.117. The number of methoxy groups -OCH3 is 6. The molecule has 41 heavy (non-hydrogen) atoms. The van der Waals surface area contributed by atoms with Gasteiger partial charge in [-0.3, -0.25) is 0 Å². The van der Waals surface area contributed by atoms with E-state index >= 15 is 0 Å². The SMILES string of the molecule is COCC1=CC(C(C)(c2cc(COC)c(O)c(COC)c2)c2cc(COC)c(O)c(COC)c2)=CC(COC)C1O. The van der Waals surface area contributed by atoms with Crippen LogP contribution in [0.2, 0.25) is 0 Å². The largest absolute Gasteiger partial charge is 0.507 e. The zero-order valence-electron chi connectivity index (χ0n) is 25.2. The molecule has 0 aliphatic heterocycles. The first-order chi connectivity index (χ1) is 19.7. The number of benzene rings is 2. The van der Waals surface area contributed by atoms with E-state index in [4.69, 9.17) is 28.4 Å². The van der Waals surface area contributed by atoms with Crippen molar-refractivity contribution in [3.05, 3.63) is 80.9 Å². The number of rotatable bonds is 15. The van der Waals surface area contributed by atoms with Crippen LogP contribution in [0.5, 0.6) is 11.5 Å². The molecule has 0 aromatic heterocycles. The lowest BCUT2D eigenvalue weighted by Gasteiger charge is -2.38. The highest BCUT2D eigenvalue weighted by Crippen LogP contribution is 2.46. The van der Waals surface area contributed by atoms with Gasteiger partial charge in [-0.15, -0.1) is 0 Å². The van der Waals surface area contributed by atoms with Crippen molar-refractivity contribution in [3.63, 3.8) is 0 Å². The Bertz CT molecular complexity index is 1110. The number of hydrogen-bond donors (Lipinski definition) is 3. The molecule has 1 aliphatic rings. The molecule has 1 aliphatic carbocycles. The molecule has 9 nitrogen and oxygen atoms in total. The van der Waals surface area contributed by atoms with E-state index in [-0.39, 0.29) is 50.5 Å². The van der Waals surface area contributed by atoms with Crippen molar-refractivity contribution in [2.75, 3.05) is 55.9 Å². The van der Waals surface area contributed by atoms with Crippen LogP contribution in [0.15, 0.2) is 47.6 Å². The van der Waals surface area contributed by atoms with Crippen molar-refractivity contribution in [1.82, 2.24) is 0 Å². The molecule has 9 heteroatoms. The molecule has 2 atom stereocenters. The lowest BCUT2D eigenvalue weighted by atomic mass is 9.66. The van der Waals surface area contributed by atoms with Gasteiger partial charge in [-0.05, 0) is 53.5 Å². The zero-order chi connectivity index (χ0) is 30.2. The maximum Gasteiger partial charge on any atom is 0.126 e. The van der Waals surface area contributed by atoms with E-state index in [2.05, 4.69) is 6.92 Å². The topological polar surface area (TPSA) is 116 Å². The van der Waals surface area contributed by atoms with Crippen LogP contribution in [0.1, 0.15) is 40.3 Å². The lowest BCUT2D eigenvalue weighted by Crippen LogP contribution is -2.35. The zero-order valence-corrected chi connectivity index (χ0v) is 25.2. The van der Waals surface area contributed by atoms with E-state index in [0.717, 1.165) is 22.3 Å². The molecule has 3 N–H and O–H groups in total. The van der Waals surface area contributed by atoms with E-state index in [9.17, 15) is 15.3 Å². The molecule has 2 aromatic carbocycles. The number of phenolic OH excluding ortho intramolecular Hbond substituents is 2. The summed E-state index contributed by atoms with van der Waals surface area (Å²) in [7, 11) is 9.52. The Hall–Kier alpha value is -2.76. The van der Waals surface area contributed by atoms with E-state index < -0.39 is 11.5 Å². The van der Waals surface area contributed by atoms with Gasteiger partial charge in [-0.2, -0.15) is 0 Å². The fourth-order valence-electron chi connectivity index (χ4n) is 5.53. The summed E-state index contributed by atoms with van der Waals surface area (Å²) in [6.07, 6.45) is 3.23. The summed E-state index contributed by atoms with van der Waals surface area (Å²) >= 11 is 0. The molecule has 0 bridgehead atoms. The van der Waals surface area contributed by atoms with E-state index in [1.165, 1.54) is 0 Å². The molecule has 226 valence electrons. The number of hydrogen-bond acceptors (Lipinski definition) is 9. The fourth-order valence-corrected chi connectivity index (χ4v) is 5.53. The number of ether oxygens (including phenoxy) is 6. The van der Waals surface area contributed by atoms with E-state index in [1.807, 2.05) is 36.4 Å². The summed E-state index contributed by atoms with van der Waals surface area (Å²) in [5, 5.41) is 33.2. The van der Waals surface area contributed by atoms with Crippen molar-refractivity contribution in [2.24, 2.45) is 5.92 Å². The van der Waals surface area contributed by atoms with Gasteiger partial charge in [-0.1, -0.05) is 12.2 Å².